The topological polar surface area (TPSA) is 0 Å². The fourth-order valence-electron chi connectivity index (χ4n) is 1.46. The molecule has 2 saturated carbocycles. The SMILES string of the molecule is [CH]1[C@@H]2CCC[C@H]12. The Morgan fingerprint density at radius 3 is 2.00 bits per heavy atom. The summed E-state index contributed by atoms with van der Waals surface area (Å²) >= 11 is 0. The van der Waals surface area contributed by atoms with Gasteiger partial charge in [0.2, 0.25) is 0 Å². The van der Waals surface area contributed by atoms with Crippen molar-refractivity contribution >= 4 is 0 Å². The summed E-state index contributed by atoms with van der Waals surface area (Å²) in [7, 11) is 0. The van der Waals surface area contributed by atoms with Gasteiger partial charge in [0.25, 0.3) is 0 Å². The Morgan fingerprint density at radius 2 is 1.83 bits per heavy atom. The van der Waals surface area contributed by atoms with Crippen molar-refractivity contribution in [2.45, 2.75) is 19.3 Å². The molecule has 0 unspecified atom stereocenters. The van der Waals surface area contributed by atoms with Gasteiger partial charge < -0.3 is 0 Å². The quantitative estimate of drug-likeness (QED) is 0.415. The number of rotatable bonds is 0. The van der Waals surface area contributed by atoms with Crippen LogP contribution in [0, 0.1) is 18.3 Å². The Balaban J connectivity index is 2.09. The van der Waals surface area contributed by atoms with Crippen molar-refractivity contribution in [3.63, 3.8) is 0 Å². The summed E-state index contributed by atoms with van der Waals surface area (Å²) in [5.74, 6) is 2.18. The van der Waals surface area contributed by atoms with E-state index >= 15 is 0 Å². The highest BCUT2D eigenvalue weighted by atomic mass is 14.5. The molecule has 6 heavy (non-hydrogen) atoms. The zero-order valence-corrected chi connectivity index (χ0v) is 3.85. The van der Waals surface area contributed by atoms with Crippen LogP contribution in [0.5, 0.6) is 0 Å². The summed E-state index contributed by atoms with van der Waals surface area (Å²) in [6.07, 6.45) is 6.99. The van der Waals surface area contributed by atoms with Crippen LogP contribution in [0.2, 0.25) is 0 Å². The zero-order valence-electron chi connectivity index (χ0n) is 3.85. The van der Waals surface area contributed by atoms with E-state index < -0.39 is 0 Å². The minimum absolute atomic E-state index is 1.09. The lowest BCUT2D eigenvalue weighted by molar-refractivity contribution is 0.790. The molecule has 2 aliphatic rings. The molecule has 0 aromatic carbocycles. The third kappa shape index (κ3) is 0.250. The second-order valence-corrected chi connectivity index (χ2v) is 2.45. The molecular formula is C6H9. The molecule has 0 heterocycles. The third-order valence-electron chi connectivity index (χ3n) is 1.98. The molecule has 2 fully saturated rings. The second-order valence-electron chi connectivity index (χ2n) is 2.45. The maximum Gasteiger partial charge on any atom is -0.0318 e. The molecule has 0 aromatic heterocycles. The molecule has 0 heteroatoms. The minimum Gasteiger partial charge on any atom is -0.0527 e. The third-order valence-corrected chi connectivity index (χ3v) is 1.98. The Kier molecular flexibility index (Phi) is 0.408. The predicted octanol–water partition coefficient (Wildman–Crippen LogP) is 1.62. The van der Waals surface area contributed by atoms with Crippen molar-refractivity contribution < 1.29 is 0 Å². The molecule has 2 aliphatic carbocycles. The molecule has 2 rings (SSSR count). The van der Waals surface area contributed by atoms with Crippen LogP contribution in [-0.2, 0) is 0 Å². The lowest BCUT2D eigenvalue weighted by Gasteiger charge is -1.80. The summed E-state index contributed by atoms with van der Waals surface area (Å²) in [6.45, 7) is 0. The standard InChI is InChI=1S/C6H9/c1-2-5-4-6(5)3-1/h4-6H,1-3H2/t5-,6+. The van der Waals surface area contributed by atoms with E-state index in [1.165, 1.54) is 19.3 Å². The van der Waals surface area contributed by atoms with E-state index in [0.29, 0.717) is 0 Å². The molecule has 0 bridgehead atoms. The second kappa shape index (κ2) is 0.800. The monoisotopic (exact) mass is 81.1 g/mol. The van der Waals surface area contributed by atoms with Crippen molar-refractivity contribution in [2.24, 2.45) is 11.8 Å². The van der Waals surface area contributed by atoms with Crippen molar-refractivity contribution in [3.8, 4) is 0 Å². The van der Waals surface area contributed by atoms with Gasteiger partial charge in [-0.2, -0.15) is 0 Å². The highest BCUT2D eigenvalue weighted by Crippen LogP contribution is 2.50. The Labute approximate surface area is 38.6 Å². The van der Waals surface area contributed by atoms with Crippen LogP contribution in [0.4, 0.5) is 0 Å². The van der Waals surface area contributed by atoms with E-state index in [1.54, 1.807) is 0 Å². The van der Waals surface area contributed by atoms with Crippen LogP contribution in [0.1, 0.15) is 19.3 Å². The van der Waals surface area contributed by atoms with E-state index in [4.69, 9.17) is 0 Å². The molecule has 0 aliphatic heterocycles. The van der Waals surface area contributed by atoms with Gasteiger partial charge in [-0.3, -0.25) is 0 Å². The first-order chi connectivity index (χ1) is 2.97. The number of fused-ring (bicyclic) bond motifs is 1. The normalized spacial score (nSPS) is 52.0. The van der Waals surface area contributed by atoms with E-state index in [9.17, 15) is 0 Å². The first-order valence-corrected chi connectivity index (χ1v) is 2.82. The van der Waals surface area contributed by atoms with Crippen LogP contribution >= 0.6 is 0 Å². The molecular weight excluding hydrogens is 72.1 g/mol. The minimum atomic E-state index is 1.09. The van der Waals surface area contributed by atoms with E-state index in [2.05, 4.69) is 6.42 Å². The highest BCUT2D eigenvalue weighted by Gasteiger charge is 2.40. The largest absolute Gasteiger partial charge is 0.0527 e. The number of hydrogen-bond donors (Lipinski definition) is 0. The van der Waals surface area contributed by atoms with Gasteiger partial charge in [0, 0.05) is 0 Å². The average molecular weight is 81.1 g/mol. The fraction of sp³-hybridized carbons (Fsp3) is 0.833. The van der Waals surface area contributed by atoms with Crippen molar-refractivity contribution in [3.05, 3.63) is 6.42 Å². The van der Waals surface area contributed by atoms with Crippen LogP contribution < -0.4 is 0 Å². The lowest BCUT2D eigenvalue weighted by Crippen LogP contribution is -1.64. The van der Waals surface area contributed by atoms with Crippen molar-refractivity contribution in [1.82, 2.24) is 0 Å². The van der Waals surface area contributed by atoms with Gasteiger partial charge in [0.05, 0.1) is 0 Å². The molecule has 0 nitrogen and oxygen atoms in total. The summed E-state index contributed by atoms with van der Waals surface area (Å²) in [5.41, 5.74) is 0. The van der Waals surface area contributed by atoms with Crippen molar-refractivity contribution in [2.75, 3.05) is 0 Å². The fourth-order valence-corrected chi connectivity index (χ4v) is 1.46. The predicted molar refractivity (Wildman–Crippen MR) is 25.1 cm³/mol. The molecule has 33 valence electrons. The first-order valence-electron chi connectivity index (χ1n) is 2.82. The Morgan fingerprint density at radius 1 is 1.17 bits per heavy atom. The summed E-state index contributed by atoms with van der Waals surface area (Å²) in [4.78, 5) is 0. The van der Waals surface area contributed by atoms with Gasteiger partial charge in [-0.15, -0.1) is 0 Å². The van der Waals surface area contributed by atoms with Gasteiger partial charge in [-0.05, 0) is 31.1 Å². The van der Waals surface area contributed by atoms with Gasteiger partial charge >= 0.3 is 0 Å². The van der Waals surface area contributed by atoms with Gasteiger partial charge in [-0.25, -0.2) is 0 Å². The van der Waals surface area contributed by atoms with Gasteiger partial charge in [0.1, 0.15) is 0 Å². The number of hydrogen-bond acceptors (Lipinski definition) is 0. The summed E-state index contributed by atoms with van der Waals surface area (Å²) < 4.78 is 0. The molecule has 2 atom stereocenters. The van der Waals surface area contributed by atoms with Crippen LogP contribution in [0.3, 0.4) is 0 Å². The van der Waals surface area contributed by atoms with Gasteiger partial charge in [0.15, 0.2) is 0 Å². The molecule has 0 N–H and O–H groups in total. The van der Waals surface area contributed by atoms with Crippen LogP contribution in [0.15, 0.2) is 0 Å². The molecule has 0 amide bonds. The van der Waals surface area contributed by atoms with E-state index in [0.717, 1.165) is 11.8 Å². The Bertz CT molecular complexity index is 58.4. The van der Waals surface area contributed by atoms with Gasteiger partial charge in [-0.1, -0.05) is 6.42 Å². The van der Waals surface area contributed by atoms with Crippen LogP contribution in [-0.4, -0.2) is 0 Å². The molecule has 0 spiro atoms. The lowest BCUT2D eigenvalue weighted by atomic mass is 10.3. The molecule has 1 radical (unpaired) electrons. The highest BCUT2D eigenvalue weighted by molar-refractivity contribution is 5.08. The maximum absolute atomic E-state index is 2.48. The summed E-state index contributed by atoms with van der Waals surface area (Å²) in [6, 6.07) is 0. The van der Waals surface area contributed by atoms with Crippen LogP contribution in [0.25, 0.3) is 0 Å². The smallest absolute Gasteiger partial charge is 0.0318 e. The first kappa shape index (κ1) is 3.06. The maximum atomic E-state index is 2.48. The van der Waals surface area contributed by atoms with E-state index in [1.807, 2.05) is 0 Å². The molecule has 0 saturated heterocycles. The zero-order chi connectivity index (χ0) is 3.98. The Hall–Kier alpha value is 0. The van der Waals surface area contributed by atoms with E-state index in [-0.39, 0.29) is 0 Å². The average Bonchev–Trinajstić information content (AvgIpc) is 2.17. The van der Waals surface area contributed by atoms with Crippen molar-refractivity contribution in [1.29, 1.82) is 0 Å². The summed E-state index contributed by atoms with van der Waals surface area (Å²) in [5, 5.41) is 0. The molecule has 0 aromatic rings.